The fraction of sp³-hybridized carbons (Fsp3) is 0.462. The largest absolute Gasteiger partial charge is 0.335 e. The molecule has 0 aromatic heterocycles. The number of fused-ring (bicyclic) bond motifs is 1. The highest BCUT2D eigenvalue weighted by molar-refractivity contribution is 5.99. The van der Waals surface area contributed by atoms with Gasteiger partial charge in [0.25, 0.3) is 5.91 Å². The molecule has 1 aromatic carbocycles. The van der Waals surface area contributed by atoms with E-state index in [4.69, 9.17) is 0 Å². The highest BCUT2D eigenvalue weighted by atomic mass is 16.2. The van der Waals surface area contributed by atoms with Gasteiger partial charge in [-0.2, -0.15) is 0 Å². The summed E-state index contributed by atoms with van der Waals surface area (Å²) in [7, 11) is 0. The lowest BCUT2D eigenvalue weighted by molar-refractivity contribution is 0.0786. The molecule has 80 valence electrons. The van der Waals surface area contributed by atoms with Crippen molar-refractivity contribution in [3.8, 4) is 0 Å². The molecule has 1 aliphatic rings. The number of carbonyl (C=O) groups excluding carboxylic acids is 1. The molecule has 1 aromatic rings. The van der Waals surface area contributed by atoms with Gasteiger partial charge in [0.2, 0.25) is 0 Å². The van der Waals surface area contributed by atoms with E-state index in [-0.39, 0.29) is 5.91 Å². The lowest BCUT2D eigenvalue weighted by Crippen LogP contribution is -2.23. The maximum Gasteiger partial charge on any atom is 0.254 e. The van der Waals surface area contributed by atoms with Gasteiger partial charge in [-0.15, -0.1) is 0 Å². The van der Waals surface area contributed by atoms with E-state index < -0.39 is 0 Å². The van der Waals surface area contributed by atoms with Gasteiger partial charge >= 0.3 is 0 Å². The van der Waals surface area contributed by atoms with Crippen molar-refractivity contribution in [1.82, 2.24) is 4.90 Å². The van der Waals surface area contributed by atoms with Crippen LogP contribution < -0.4 is 0 Å². The zero-order chi connectivity index (χ0) is 11.0. The van der Waals surface area contributed by atoms with Crippen LogP contribution in [0.4, 0.5) is 0 Å². The Morgan fingerprint density at radius 2 is 2.13 bits per heavy atom. The van der Waals surface area contributed by atoms with Crippen molar-refractivity contribution >= 4 is 5.91 Å². The second-order valence-corrected chi connectivity index (χ2v) is 4.36. The zero-order valence-electron chi connectivity index (χ0n) is 9.58. The van der Waals surface area contributed by atoms with Crippen LogP contribution in [0.15, 0.2) is 18.2 Å². The molecular formula is C13H17NO. The summed E-state index contributed by atoms with van der Waals surface area (Å²) >= 11 is 0. The number of rotatable bonds is 2. The number of amides is 1. The van der Waals surface area contributed by atoms with Crippen molar-refractivity contribution in [2.24, 2.45) is 0 Å². The second-order valence-electron chi connectivity index (χ2n) is 4.36. The normalized spacial score (nSPS) is 14.9. The first-order valence-corrected chi connectivity index (χ1v) is 5.56. The van der Waals surface area contributed by atoms with Crippen LogP contribution in [0.1, 0.15) is 48.2 Å². The predicted molar refractivity (Wildman–Crippen MR) is 60.9 cm³/mol. The first-order chi connectivity index (χ1) is 7.15. The number of hydrogen-bond acceptors (Lipinski definition) is 1. The summed E-state index contributed by atoms with van der Waals surface area (Å²) in [5.74, 6) is 0.623. The van der Waals surface area contributed by atoms with Crippen LogP contribution in [-0.2, 0) is 6.54 Å². The molecule has 0 unspecified atom stereocenters. The van der Waals surface area contributed by atoms with Gasteiger partial charge in [0.1, 0.15) is 0 Å². The smallest absolute Gasteiger partial charge is 0.254 e. The molecule has 0 N–H and O–H groups in total. The SMILES string of the molecule is CCN1Cc2cccc(C(C)C)c2C1=O. The fourth-order valence-corrected chi connectivity index (χ4v) is 2.18. The third-order valence-electron chi connectivity index (χ3n) is 3.05. The molecule has 0 saturated carbocycles. The van der Waals surface area contributed by atoms with Crippen LogP contribution in [0, 0.1) is 0 Å². The molecule has 0 spiro atoms. The van der Waals surface area contributed by atoms with Gasteiger partial charge in [-0.25, -0.2) is 0 Å². The van der Waals surface area contributed by atoms with E-state index in [1.54, 1.807) is 0 Å². The van der Waals surface area contributed by atoms with Gasteiger partial charge in [0, 0.05) is 18.7 Å². The van der Waals surface area contributed by atoms with E-state index in [0.717, 1.165) is 18.7 Å². The Kier molecular flexibility index (Phi) is 2.51. The molecule has 1 amide bonds. The highest BCUT2D eigenvalue weighted by Crippen LogP contribution is 2.29. The Morgan fingerprint density at radius 3 is 2.73 bits per heavy atom. The Bertz CT molecular complexity index is 396. The minimum absolute atomic E-state index is 0.205. The van der Waals surface area contributed by atoms with Crippen molar-refractivity contribution in [3.05, 3.63) is 34.9 Å². The summed E-state index contributed by atoms with van der Waals surface area (Å²) in [5, 5.41) is 0. The van der Waals surface area contributed by atoms with Crippen LogP contribution >= 0.6 is 0 Å². The van der Waals surface area contributed by atoms with Crippen molar-refractivity contribution in [1.29, 1.82) is 0 Å². The molecule has 2 nitrogen and oxygen atoms in total. The summed E-state index contributed by atoms with van der Waals surface area (Å²) in [6, 6.07) is 6.19. The topological polar surface area (TPSA) is 20.3 Å². The Balaban J connectivity index is 2.51. The fourth-order valence-electron chi connectivity index (χ4n) is 2.18. The zero-order valence-corrected chi connectivity index (χ0v) is 9.58. The summed E-state index contributed by atoms with van der Waals surface area (Å²) < 4.78 is 0. The molecule has 0 radical (unpaired) electrons. The van der Waals surface area contributed by atoms with E-state index in [9.17, 15) is 4.79 Å². The summed E-state index contributed by atoms with van der Waals surface area (Å²) in [6.45, 7) is 7.88. The summed E-state index contributed by atoms with van der Waals surface area (Å²) in [5.41, 5.74) is 3.33. The minimum atomic E-state index is 0.205. The maximum absolute atomic E-state index is 12.1. The lowest BCUT2D eigenvalue weighted by Gasteiger charge is -2.12. The Morgan fingerprint density at radius 1 is 1.40 bits per heavy atom. The molecule has 1 aliphatic heterocycles. The number of hydrogen-bond donors (Lipinski definition) is 0. The van der Waals surface area contributed by atoms with Gasteiger partial charge in [-0.3, -0.25) is 4.79 Å². The number of carbonyl (C=O) groups is 1. The molecule has 15 heavy (non-hydrogen) atoms. The molecule has 0 fully saturated rings. The van der Waals surface area contributed by atoms with E-state index in [0.29, 0.717) is 5.92 Å². The highest BCUT2D eigenvalue weighted by Gasteiger charge is 2.28. The number of nitrogens with zero attached hydrogens (tertiary/aromatic N) is 1. The number of benzene rings is 1. The molecule has 0 atom stereocenters. The van der Waals surface area contributed by atoms with E-state index in [1.165, 1.54) is 11.1 Å². The van der Waals surface area contributed by atoms with Crippen molar-refractivity contribution in [2.75, 3.05) is 6.54 Å². The van der Waals surface area contributed by atoms with Crippen LogP contribution in [0.25, 0.3) is 0 Å². The quantitative estimate of drug-likeness (QED) is 0.723. The van der Waals surface area contributed by atoms with Gasteiger partial charge in [-0.1, -0.05) is 32.0 Å². The maximum atomic E-state index is 12.1. The van der Waals surface area contributed by atoms with Gasteiger partial charge < -0.3 is 4.90 Å². The molecule has 0 saturated heterocycles. The van der Waals surface area contributed by atoms with Gasteiger partial charge in [0.05, 0.1) is 0 Å². The van der Waals surface area contributed by atoms with E-state index in [1.807, 2.05) is 11.8 Å². The summed E-state index contributed by atoms with van der Waals surface area (Å²) in [4.78, 5) is 14.0. The molecular weight excluding hydrogens is 186 g/mol. The first-order valence-electron chi connectivity index (χ1n) is 5.56. The van der Waals surface area contributed by atoms with Crippen molar-refractivity contribution in [2.45, 2.75) is 33.2 Å². The van der Waals surface area contributed by atoms with Crippen LogP contribution in [0.5, 0.6) is 0 Å². The minimum Gasteiger partial charge on any atom is -0.335 e. The Labute approximate surface area is 90.9 Å². The lowest BCUT2D eigenvalue weighted by atomic mass is 9.95. The first kappa shape index (κ1) is 10.2. The molecule has 0 bridgehead atoms. The molecule has 2 rings (SSSR count). The standard InChI is InChI=1S/C13H17NO/c1-4-14-8-10-6-5-7-11(9(2)3)12(10)13(14)15/h5-7,9H,4,8H2,1-3H3. The van der Waals surface area contributed by atoms with E-state index >= 15 is 0 Å². The van der Waals surface area contributed by atoms with E-state index in [2.05, 4.69) is 32.0 Å². The predicted octanol–water partition coefficient (Wildman–Crippen LogP) is 2.79. The average molecular weight is 203 g/mol. The van der Waals surface area contributed by atoms with Crippen LogP contribution in [0.2, 0.25) is 0 Å². The second kappa shape index (κ2) is 3.69. The molecule has 2 heteroatoms. The third-order valence-corrected chi connectivity index (χ3v) is 3.05. The average Bonchev–Trinajstić information content (AvgIpc) is 2.55. The van der Waals surface area contributed by atoms with Crippen LogP contribution in [0.3, 0.4) is 0 Å². The van der Waals surface area contributed by atoms with Crippen molar-refractivity contribution in [3.63, 3.8) is 0 Å². The molecule has 0 aliphatic carbocycles. The van der Waals surface area contributed by atoms with Gasteiger partial charge in [-0.05, 0) is 24.0 Å². The van der Waals surface area contributed by atoms with Crippen LogP contribution in [-0.4, -0.2) is 17.4 Å². The van der Waals surface area contributed by atoms with Gasteiger partial charge in [0.15, 0.2) is 0 Å². The monoisotopic (exact) mass is 203 g/mol. The third kappa shape index (κ3) is 1.54. The summed E-state index contributed by atoms with van der Waals surface area (Å²) in [6.07, 6.45) is 0. The van der Waals surface area contributed by atoms with Crippen molar-refractivity contribution < 1.29 is 4.79 Å². The molecule has 1 heterocycles. The Hall–Kier alpha value is -1.31.